The maximum Gasteiger partial charge on any atom is 0.404 e. The van der Waals surface area contributed by atoms with Gasteiger partial charge in [-0.25, -0.2) is 9.80 Å². The summed E-state index contributed by atoms with van der Waals surface area (Å²) in [5, 5.41) is 1.96. The molecule has 5 heteroatoms. The van der Waals surface area contributed by atoms with E-state index in [1.807, 2.05) is 12.1 Å². The molecule has 0 aromatic rings. The van der Waals surface area contributed by atoms with Gasteiger partial charge in [0.1, 0.15) is 6.10 Å². The molecule has 0 radical (unpaired) electrons. The first-order chi connectivity index (χ1) is 5.18. The monoisotopic (exact) mass is 159 g/mol. The molecule has 1 unspecified atom stereocenters. The van der Waals surface area contributed by atoms with E-state index < -0.39 is 6.09 Å². The molecule has 0 aromatic carbocycles. The summed E-state index contributed by atoms with van der Waals surface area (Å²) in [5.74, 6) is 0. The van der Waals surface area contributed by atoms with E-state index in [0.717, 1.165) is 13.0 Å². The fourth-order valence-electron chi connectivity index (χ4n) is 1.04. The van der Waals surface area contributed by atoms with Crippen LogP contribution in [0.3, 0.4) is 0 Å². The van der Waals surface area contributed by atoms with Crippen molar-refractivity contribution in [1.29, 1.82) is 0 Å². The smallest absolute Gasteiger partial charge is 0.404 e. The second-order valence-electron chi connectivity index (χ2n) is 2.63. The molecule has 1 atom stereocenters. The van der Waals surface area contributed by atoms with Gasteiger partial charge in [-0.1, -0.05) is 0 Å². The largest absolute Gasteiger partial charge is 0.445 e. The fourth-order valence-corrected chi connectivity index (χ4v) is 1.04. The Kier molecular flexibility index (Phi) is 2.67. The van der Waals surface area contributed by atoms with Gasteiger partial charge in [0, 0.05) is 20.1 Å². The number of carbonyl (C=O) groups excluding carboxylic acids is 1. The minimum atomic E-state index is -0.693. The zero-order valence-electron chi connectivity index (χ0n) is 6.54. The molecule has 1 fully saturated rings. The number of nitrogens with one attached hydrogen (secondary N) is 1. The van der Waals surface area contributed by atoms with Gasteiger partial charge in [-0.15, -0.1) is 0 Å². The van der Waals surface area contributed by atoms with Gasteiger partial charge in [0.05, 0.1) is 0 Å². The highest BCUT2D eigenvalue weighted by atomic mass is 16.6. The molecule has 0 spiro atoms. The third-order valence-electron chi connectivity index (χ3n) is 1.66. The first-order valence-corrected chi connectivity index (χ1v) is 3.59. The van der Waals surface area contributed by atoms with E-state index >= 15 is 0 Å². The zero-order chi connectivity index (χ0) is 8.27. The summed E-state index contributed by atoms with van der Waals surface area (Å²) in [4.78, 5) is 10.3. The Balaban J connectivity index is 2.22. The van der Waals surface area contributed by atoms with Gasteiger partial charge < -0.3 is 10.5 Å². The topological polar surface area (TPSA) is 67.6 Å². The number of nitrogens with zero attached hydrogens (tertiary/aromatic N) is 1. The molecular formula is C6H13N3O2. The summed E-state index contributed by atoms with van der Waals surface area (Å²) in [6.45, 7) is 1.53. The molecule has 64 valence electrons. The molecule has 0 aliphatic carbocycles. The minimum Gasteiger partial charge on any atom is -0.445 e. The molecule has 0 aromatic heterocycles. The number of hydrogen-bond donors (Lipinski definition) is 2. The summed E-state index contributed by atoms with van der Waals surface area (Å²) in [7, 11) is 1.94. The molecule has 1 amide bonds. The first-order valence-electron chi connectivity index (χ1n) is 3.59. The molecule has 11 heavy (non-hydrogen) atoms. The van der Waals surface area contributed by atoms with Crippen molar-refractivity contribution in [3.8, 4) is 0 Å². The summed E-state index contributed by atoms with van der Waals surface area (Å²) in [6.07, 6.45) is 0.0805. The van der Waals surface area contributed by atoms with Gasteiger partial charge in [0.25, 0.3) is 0 Å². The average molecular weight is 159 g/mol. The van der Waals surface area contributed by atoms with Crippen molar-refractivity contribution in [3.63, 3.8) is 0 Å². The normalized spacial score (nSPS) is 26.5. The Hall–Kier alpha value is -0.810. The van der Waals surface area contributed by atoms with Crippen LogP contribution in [0.4, 0.5) is 4.79 Å². The van der Waals surface area contributed by atoms with Crippen LogP contribution in [0.1, 0.15) is 6.42 Å². The van der Waals surface area contributed by atoms with E-state index in [-0.39, 0.29) is 6.10 Å². The number of carbonyl (C=O) groups is 1. The summed E-state index contributed by atoms with van der Waals surface area (Å²) >= 11 is 0. The van der Waals surface area contributed by atoms with Crippen LogP contribution in [0, 0.1) is 0 Å². The van der Waals surface area contributed by atoms with E-state index in [1.54, 1.807) is 0 Å². The predicted molar refractivity (Wildman–Crippen MR) is 39.7 cm³/mol. The Morgan fingerprint density at radius 1 is 1.82 bits per heavy atom. The number of rotatable bonds is 1. The lowest BCUT2D eigenvalue weighted by atomic mass is 10.2. The van der Waals surface area contributed by atoms with Crippen LogP contribution >= 0.6 is 0 Å². The van der Waals surface area contributed by atoms with E-state index in [4.69, 9.17) is 10.5 Å². The lowest BCUT2D eigenvalue weighted by molar-refractivity contribution is 0.0467. The molecule has 1 aliphatic rings. The van der Waals surface area contributed by atoms with Gasteiger partial charge >= 0.3 is 6.09 Å². The standard InChI is InChI=1S/C6H13N3O2/c1-9-3-2-5(4-8-9)11-6(7)10/h5,8H,2-4H2,1H3,(H2,7,10). The lowest BCUT2D eigenvalue weighted by Gasteiger charge is -2.29. The third kappa shape index (κ3) is 2.73. The van der Waals surface area contributed by atoms with Crippen molar-refractivity contribution in [2.75, 3.05) is 20.1 Å². The first kappa shape index (κ1) is 8.29. The Labute approximate surface area is 65.5 Å². The van der Waals surface area contributed by atoms with Crippen LogP contribution in [0.2, 0.25) is 0 Å². The van der Waals surface area contributed by atoms with E-state index in [2.05, 4.69) is 5.43 Å². The van der Waals surface area contributed by atoms with E-state index in [1.165, 1.54) is 0 Å². The van der Waals surface area contributed by atoms with Crippen LogP contribution in [0.25, 0.3) is 0 Å². The van der Waals surface area contributed by atoms with Crippen LogP contribution in [-0.2, 0) is 4.74 Å². The van der Waals surface area contributed by atoms with Crippen molar-refractivity contribution in [2.24, 2.45) is 5.73 Å². The van der Waals surface area contributed by atoms with Crippen LogP contribution in [0.15, 0.2) is 0 Å². The molecule has 5 nitrogen and oxygen atoms in total. The molecular weight excluding hydrogens is 146 g/mol. The van der Waals surface area contributed by atoms with Crippen molar-refractivity contribution in [3.05, 3.63) is 0 Å². The van der Waals surface area contributed by atoms with Gasteiger partial charge in [0.15, 0.2) is 0 Å². The number of hydrogen-bond acceptors (Lipinski definition) is 4. The second kappa shape index (κ2) is 3.54. The third-order valence-corrected chi connectivity index (χ3v) is 1.66. The molecule has 0 saturated carbocycles. The Morgan fingerprint density at radius 2 is 2.55 bits per heavy atom. The molecule has 1 saturated heterocycles. The number of primary amides is 1. The summed E-state index contributed by atoms with van der Waals surface area (Å²) < 4.78 is 4.79. The Morgan fingerprint density at radius 3 is 3.00 bits per heavy atom. The van der Waals surface area contributed by atoms with Gasteiger partial charge in [-0.2, -0.15) is 0 Å². The molecule has 0 bridgehead atoms. The zero-order valence-corrected chi connectivity index (χ0v) is 6.54. The molecule has 1 heterocycles. The fraction of sp³-hybridized carbons (Fsp3) is 0.833. The molecule has 1 rings (SSSR count). The van der Waals surface area contributed by atoms with Crippen LogP contribution < -0.4 is 11.2 Å². The predicted octanol–water partition coefficient (Wildman–Crippen LogP) is -0.710. The lowest BCUT2D eigenvalue weighted by Crippen LogP contribution is -2.48. The van der Waals surface area contributed by atoms with Gasteiger partial charge in [-0.05, 0) is 6.42 Å². The van der Waals surface area contributed by atoms with Gasteiger partial charge in [0.2, 0.25) is 0 Å². The summed E-state index contributed by atoms with van der Waals surface area (Å²) in [5.41, 5.74) is 7.89. The number of nitrogens with two attached hydrogens (primary N) is 1. The average Bonchev–Trinajstić information content (AvgIpc) is 1.93. The van der Waals surface area contributed by atoms with Crippen molar-refractivity contribution >= 4 is 6.09 Å². The maximum absolute atomic E-state index is 10.3. The van der Waals surface area contributed by atoms with E-state index in [0.29, 0.717) is 6.54 Å². The minimum absolute atomic E-state index is 0.0660. The Bertz CT molecular complexity index is 143. The van der Waals surface area contributed by atoms with Crippen molar-refractivity contribution in [2.45, 2.75) is 12.5 Å². The highest BCUT2D eigenvalue weighted by Gasteiger charge is 2.18. The number of ether oxygens (including phenoxy) is 1. The molecule has 3 N–H and O–H groups in total. The maximum atomic E-state index is 10.3. The quantitative estimate of drug-likeness (QED) is 0.530. The number of hydrazine groups is 1. The second-order valence-corrected chi connectivity index (χ2v) is 2.63. The number of amides is 1. The van der Waals surface area contributed by atoms with Crippen LogP contribution in [-0.4, -0.2) is 37.3 Å². The van der Waals surface area contributed by atoms with Crippen molar-refractivity contribution in [1.82, 2.24) is 10.4 Å². The molecule has 1 aliphatic heterocycles. The van der Waals surface area contributed by atoms with E-state index in [9.17, 15) is 4.79 Å². The SMILES string of the molecule is CN1CCC(OC(N)=O)CN1. The summed E-state index contributed by atoms with van der Waals surface area (Å²) in [6, 6.07) is 0. The van der Waals surface area contributed by atoms with Crippen LogP contribution in [0.5, 0.6) is 0 Å². The highest BCUT2D eigenvalue weighted by Crippen LogP contribution is 2.02. The van der Waals surface area contributed by atoms with Gasteiger partial charge in [-0.3, -0.25) is 5.43 Å². The highest BCUT2D eigenvalue weighted by molar-refractivity contribution is 5.64. The van der Waals surface area contributed by atoms with Crippen molar-refractivity contribution < 1.29 is 9.53 Å².